The number of hydrogen-bond acceptors (Lipinski definition) is 2. The Morgan fingerprint density at radius 2 is 1.92 bits per heavy atom. The standard InChI is InChI=1S/C19H15Cl2NO2/c20-12-8-15-13-2-1-3-14(13)17(22-18(15)16(21)9-12)10-4-6-11(7-5-10)19(23)24/h1-2,4-9,13-14,17,22H,3H2,(H,23,24)/t13-,14-,17-/m0/s1. The van der Waals surface area contributed by atoms with Crippen LogP contribution >= 0.6 is 23.2 Å². The van der Waals surface area contributed by atoms with Crippen molar-refractivity contribution in [3.63, 3.8) is 0 Å². The lowest BCUT2D eigenvalue weighted by atomic mass is 9.77. The average Bonchev–Trinajstić information content (AvgIpc) is 3.04. The SMILES string of the molecule is O=C(O)c1ccc([C@@H]2Nc3c(Cl)cc(Cl)cc3[C@H]3C=CC[C@@H]32)cc1. The predicted molar refractivity (Wildman–Crippen MR) is 96.2 cm³/mol. The molecule has 0 spiro atoms. The fraction of sp³-hybridized carbons (Fsp3) is 0.211. The number of aromatic carboxylic acids is 1. The van der Waals surface area contributed by atoms with Gasteiger partial charge in [0.05, 0.1) is 22.3 Å². The van der Waals surface area contributed by atoms with Crippen molar-refractivity contribution in [1.29, 1.82) is 0 Å². The molecule has 5 heteroatoms. The summed E-state index contributed by atoms with van der Waals surface area (Å²) in [5, 5.41) is 13.9. The first kappa shape index (κ1) is 15.6. The Hall–Kier alpha value is -1.97. The lowest BCUT2D eigenvalue weighted by Crippen LogP contribution is -2.29. The number of fused-ring (bicyclic) bond motifs is 3. The van der Waals surface area contributed by atoms with Crippen LogP contribution in [0.3, 0.4) is 0 Å². The number of hydrogen-bond donors (Lipinski definition) is 2. The van der Waals surface area contributed by atoms with Crippen molar-refractivity contribution >= 4 is 34.9 Å². The molecule has 3 nitrogen and oxygen atoms in total. The highest BCUT2D eigenvalue weighted by atomic mass is 35.5. The zero-order valence-corrected chi connectivity index (χ0v) is 14.2. The average molecular weight is 360 g/mol. The molecule has 122 valence electrons. The van der Waals surface area contributed by atoms with E-state index in [1.807, 2.05) is 18.2 Å². The molecule has 0 unspecified atom stereocenters. The molecule has 1 heterocycles. The van der Waals surface area contributed by atoms with Crippen molar-refractivity contribution in [3.05, 3.63) is 75.3 Å². The van der Waals surface area contributed by atoms with Crippen LogP contribution in [0.1, 0.15) is 39.9 Å². The van der Waals surface area contributed by atoms with Gasteiger partial charge in [0.2, 0.25) is 0 Å². The molecule has 0 radical (unpaired) electrons. The van der Waals surface area contributed by atoms with Gasteiger partial charge in [-0.25, -0.2) is 4.79 Å². The van der Waals surface area contributed by atoms with E-state index >= 15 is 0 Å². The normalized spacial score (nSPS) is 24.2. The van der Waals surface area contributed by atoms with Crippen molar-refractivity contribution in [3.8, 4) is 0 Å². The van der Waals surface area contributed by atoms with E-state index in [9.17, 15) is 4.79 Å². The Kier molecular flexibility index (Phi) is 3.78. The van der Waals surface area contributed by atoms with Gasteiger partial charge in [0.15, 0.2) is 0 Å². The van der Waals surface area contributed by atoms with Crippen LogP contribution in [-0.2, 0) is 0 Å². The predicted octanol–water partition coefficient (Wildman–Crippen LogP) is 5.52. The number of carboxylic acid groups (broad SMARTS) is 1. The van der Waals surface area contributed by atoms with Crippen LogP contribution in [0.2, 0.25) is 10.0 Å². The Morgan fingerprint density at radius 3 is 2.62 bits per heavy atom. The molecule has 1 aliphatic heterocycles. The van der Waals surface area contributed by atoms with Gasteiger partial charge in [-0.1, -0.05) is 47.5 Å². The molecule has 0 amide bonds. The summed E-state index contributed by atoms with van der Waals surface area (Å²) in [6.07, 6.45) is 5.38. The van der Waals surface area contributed by atoms with Gasteiger partial charge in [-0.05, 0) is 47.7 Å². The van der Waals surface area contributed by atoms with Gasteiger partial charge in [-0.3, -0.25) is 0 Å². The minimum absolute atomic E-state index is 0.0824. The van der Waals surface area contributed by atoms with Gasteiger partial charge < -0.3 is 10.4 Å². The van der Waals surface area contributed by atoms with Crippen LogP contribution in [0.5, 0.6) is 0 Å². The van der Waals surface area contributed by atoms with E-state index < -0.39 is 5.97 Å². The molecule has 2 aromatic carbocycles. The number of nitrogens with one attached hydrogen (secondary N) is 1. The van der Waals surface area contributed by atoms with Crippen molar-refractivity contribution in [1.82, 2.24) is 0 Å². The molecule has 0 aromatic heterocycles. The van der Waals surface area contributed by atoms with Gasteiger partial charge in [0.25, 0.3) is 0 Å². The smallest absolute Gasteiger partial charge is 0.335 e. The number of carbonyl (C=O) groups is 1. The maximum Gasteiger partial charge on any atom is 0.335 e. The number of halogens is 2. The van der Waals surface area contributed by atoms with Crippen LogP contribution in [0.25, 0.3) is 0 Å². The Bertz CT molecular complexity index is 845. The molecular formula is C19H15Cl2NO2. The number of benzene rings is 2. The topological polar surface area (TPSA) is 49.3 Å². The van der Waals surface area contributed by atoms with E-state index in [2.05, 4.69) is 17.5 Å². The maximum absolute atomic E-state index is 11.1. The molecule has 3 atom stereocenters. The number of carboxylic acids is 1. The highest BCUT2D eigenvalue weighted by molar-refractivity contribution is 6.36. The highest BCUT2D eigenvalue weighted by Gasteiger charge is 2.38. The third-order valence-corrected chi connectivity index (χ3v) is 5.42. The molecule has 1 aliphatic carbocycles. The number of allylic oxidation sites excluding steroid dienone is 2. The third kappa shape index (κ3) is 2.48. The minimum atomic E-state index is -0.915. The Morgan fingerprint density at radius 1 is 1.17 bits per heavy atom. The summed E-state index contributed by atoms with van der Waals surface area (Å²) in [6.45, 7) is 0. The zero-order valence-electron chi connectivity index (χ0n) is 12.7. The van der Waals surface area contributed by atoms with Gasteiger partial charge in [-0.2, -0.15) is 0 Å². The molecule has 0 fully saturated rings. The molecule has 2 aliphatic rings. The van der Waals surface area contributed by atoms with Crippen LogP contribution in [0, 0.1) is 5.92 Å². The van der Waals surface area contributed by atoms with E-state index in [1.165, 1.54) is 0 Å². The van der Waals surface area contributed by atoms with Crippen LogP contribution in [0.15, 0.2) is 48.6 Å². The van der Waals surface area contributed by atoms with E-state index in [4.69, 9.17) is 28.3 Å². The van der Waals surface area contributed by atoms with Gasteiger partial charge >= 0.3 is 5.97 Å². The van der Waals surface area contributed by atoms with E-state index in [0.29, 0.717) is 21.5 Å². The molecule has 2 N–H and O–H groups in total. The van der Waals surface area contributed by atoms with Crippen molar-refractivity contribution in [2.45, 2.75) is 18.4 Å². The summed E-state index contributed by atoms with van der Waals surface area (Å²) in [5.74, 6) is -0.286. The van der Waals surface area contributed by atoms with Crippen molar-refractivity contribution in [2.24, 2.45) is 5.92 Å². The summed E-state index contributed by atoms with van der Waals surface area (Å²) in [7, 11) is 0. The Labute approximate surface area is 149 Å². The lowest BCUT2D eigenvalue weighted by Gasteiger charge is -2.38. The fourth-order valence-electron chi connectivity index (χ4n) is 3.78. The van der Waals surface area contributed by atoms with Gasteiger partial charge in [-0.15, -0.1) is 0 Å². The second-order valence-electron chi connectivity index (χ2n) is 6.25. The lowest BCUT2D eigenvalue weighted by molar-refractivity contribution is 0.0697. The molecule has 0 saturated heterocycles. The van der Waals surface area contributed by atoms with Crippen molar-refractivity contribution in [2.75, 3.05) is 5.32 Å². The van der Waals surface area contributed by atoms with Crippen LogP contribution in [-0.4, -0.2) is 11.1 Å². The highest BCUT2D eigenvalue weighted by Crippen LogP contribution is 2.52. The second-order valence-corrected chi connectivity index (χ2v) is 7.10. The quantitative estimate of drug-likeness (QED) is 0.694. The monoisotopic (exact) mass is 359 g/mol. The van der Waals surface area contributed by atoms with E-state index in [0.717, 1.165) is 23.2 Å². The van der Waals surface area contributed by atoms with Crippen LogP contribution in [0.4, 0.5) is 5.69 Å². The van der Waals surface area contributed by atoms with Crippen LogP contribution < -0.4 is 5.32 Å². The second kappa shape index (κ2) is 5.83. The third-order valence-electron chi connectivity index (χ3n) is 4.90. The largest absolute Gasteiger partial charge is 0.478 e. The Balaban J connectivity index is 1.76. The minimum Gasteiger partial charge on any atom is -0.478 e. The van der Waals surface area contributed by atoms with E-state index in [1.54, 1.807) is 18.2 Å². The maximum atomic E-state index is 11.1. The summed E-state index contributed by atoms with van der Waals surface area (Å²) in [4.78, 5) is 11.1. The first-order chi connectivity index (χ1) is 11.5. The number of anilines is 1. The fourth-order valence-corrected chi connectivity index (χ4v) is 4.35. The first-order valence-corrected chi connectivity index (χ1v) is 8.55. The molecular weight excluding hydrogens is 345 g/mol. The summed E-state index contributed by atoms with van der Waals surface area (Å²) in [5.41, 5.74) is 3.40. The molecule has 0 saturated carbocycles. The molecule has 0 bridgehead atoms. The summed E-state index contributed by atoms with van der Waals surface area (Å²) >= 11 is 12.6. The van der Waals surface area contributed by atoms with Gasteiger partial charge in [0.1, 0.15) is 0 Å². The first-order valence-electron chi connectivity index (χ1n) is 7.80. The molecule has 24 heavy (non-hydrogen) atoms. The molecule has 4 rings (SSSR count). The molecule has 2 aromatic rings. The summed E-state index contributed by atoms with van der Waals surface area (Å²) < 4.78 is 0. The van der Waals surface area contributed by atoms with Gasteiger partial charge in [0, 0.05) is 10.9 Å². The van der Waals surface area contributed by atoms with E-state index in [-0.39, 0.29) is 12.0 Å². The van der Waals surface area contributed by atoms with Crippen molar-refractivity contribution < 1.29 is 9.90 Å². The zero-order chi connectivity index (χ0) is 16.8. The summed E-state index contributed by atoms with van der Waals surface area (Å²) in [6, 6.07) is 10.9. The number of rotatable bonds is 2.